The van der Waals surface area contributed by atoms with Crippen LogP contribution >= 0.6 is 0 Å². The molecule has 0 unspecified atom stereocenters. The zero-order valence-corrected chi connectivity index (χ0v) is 8.98. The van der Waals surface area contributed by atoms with Crippen molar-refractivity contribution < 1.29 is 14.0 Å². The van der Waals surface area contributed by atoms with Crippen LogP contribution in [0, 0.1) is 6.92 Å². The zero-order valence-electron chi connectivity index (χ0n) is 8.98. The minimum atomic E-state index is -0.494. The van der Waals surface area contributed by atoms with Gasteiger partial charge in [0.25, 0.3) is 11.8 Å². The van der Waals surface area contributed by atoms with Gasteiger partial charge in [-0.3, -0.25) is 25.5 Å². The van der Waals surface area contributed by atoms with Gasteiger partial charge in [-0.05, 0) is 19.1 Å². The largest absolute Gasteiger partial charge is 0.472 e. The number of nitrogens with one attached hydrogen (secondary N) is 3. The minimum Gasteiger partial charge on any atom is -0.472 e. The molecule has 0 spiro atoms. The third-order valence-electron chi connectivity index (χ3n) is 2.01. The second kappa shape index (κ2) is 4.52. The summed E-state index contributed by atoms with van der Waals surface area (Å²) in [5.41, 5.74) is 5.76. The van der Waals surface area contributed by atoms with E-state index in [1.165, 1.54) is 18.6 Å². The quantitative estimate of drug-likeness (QED) is 0.654. The number of carbonyl (C=O) groups excluding carboxylic acids is 2. The minimum absolute atomic E-state index is 0.204. The molecule has 2 aromatic rings. The van der Waals surface area contributed by atoms with Crippen LogP contribution in [-0.2, 0) is 0 Å². The molecular formula is C10H10N4O3. The van der Waals surface area contributed by atoms with Crippen LogP contribution in [0.1, 0.15) is 26.5 Å². The molecule has 0 saturated heterocycles. The maximum absolute atomic E-state index is 11.5. The molecule has 0 saturated carbocycles. The monoisotopic (exact) mass is 234 g/mol. The first kappa shape index (κ1) is 10.9. The predicted molar refractivity (Wildman–Crippen MR) is 57.0 cm³/mol. The first-order valence-electron chi connectivity index (χ1n) is 4.81. The zero-order chi connectivity index (χ0) is 12.3. The van der Waals surface area contributed by atoms with Gasteiger partial charge in [0.15, 0.2) is 5.69 Å². The maximum Gasteiger partial charge on any atom is 0.290 e. The van der Waals surface area contributed by atoms with E-state index in [4.69, 9.17) is 4.42 Å². The Morgan fingerprint density at radius 1 is 1.35 bits per heavy atom. The molecule has 0 fully saturated rings. The lowest BCUT2D eigenvalue weighted by Gasteiger charge is -2.03. The molecule has 0 aromatic carbocycles. The van der Waals surface area contributed by atoms with Gasteiger partial charge in [0, 0.05) is 5.69 Å². The van der Waals surface area contributed by atoms with Crippen molar-refractivity contribution >= 4 is 11.8 Å². The topological polar surface area (TPSA) is 100 Å². The number of hydrogen-bond donors (Lipinski definition) is 3. The van der Waals surface area contributed by atoms with Gasteiger partial charge in [-0.15, -0.1) is 0 Å². The van der Waals surface area contributed by atoms with Gasteiger partial charge < -0.3 is 4.42 Å². The summed E-state index contributed by atoms with van der Waals surface area (Å²) in [6, 6.07) is 3.06. The summed E-state index contributed by atoms with van der Waals surface area (Å²) in [5.74, 6) is -0.953. The summed E-state index contributed by atoms with van der Waals surface area (Å²) < 4.78 is 4.74. The Bertz CT molecular complexity index is 530. The number of H-pyrrole nitrogens is 1. The van der Waals surface area contributed by atoms with E-state index in [2.05, 4.69) is 21.0 Å². The lowest BCUT2D eigenvalue weighted by Crippen LogP contribution is -2.41. The Morgan fingerprint density at radius 2 is 2.12 bits per heavy atom. The summed E-state index contributed by atoms with van der Waals surface area (Å²) in [6.45, 7) is 1.77. The number of aromatic amines is 1. The van der Waals surface area contributed by atoms with E-state index in [1.807, 2.05) is 0 Å². The van der Waals surface area contributed by atoms with Crippen LogP contribution in [-0.4, -0.2) is 22.0 Å². The van der Waals surface area contributed by atoms with Gasteiger partial charge in [0.05, 0.1) is 11.8 Å². The van der Waals surface area contributed by atoms with Crippen LogP contribution < -0.4 is 10.9 Å². The molecule has 7 heteroatoms. The van der Waals surface area contributed by atoms with E-state index in [0.717, 1.165) is 5.69 Å². The lowest BCUT2D eigenvalue weighted by molar-refractivity contribution is 0.0843. The fourth-order valence-electron chi connectivity index (χ4n) is 1.18. The summed E-state index contributed by atoms with van der Waals surface area (Å²) in [5, 5.41) is 6.38. The third-order valence-corrected chi connectivity index (χ3v) is 2.01. The molecule has 0 aliphatic rings. The number of hydrogen-bond acceptors (Lipinski definition) is 4. The fourth-order valence-corrected chi connectivity index (χ4v) is 1.18. The Morgan fingerprint density at radius 3 is 2.71 bits per heavy atom. The summed E-state index contributed by atoms with van der Waals surface area (Å²) in [7, 11) is 0. The van der Waals surface area contributed by atoms with Crippen molar-refractivity contribution in [2.75, 3.05) is 0 Å². The van der Waals surface area contributed by atoms with Crippen molar-refractivity contribution in [3.8, 4) is 0 Å². The average Bonchev–Trinajstić information content (AvgIpc) is 2.95. The van der Waals surface area contributed by atoms with E-state index in [1.54, 1.807) is 13.0 Å². The normalized spacial score (nSPS) is 9.94. The van der Waals surface area contributed by atoms with Crippen molar-refractivity contribution in [3.63, 3.8) is 0 Å². The Labute approximate surface area is 96.2 Å². The second-order valence-electron chi connectivity index (χ2n) is 3.36. The maximum atomic E-state index is 11.5. The number of aryl methyl sites for hydroxylation is 1. The molecule has 0 bridgehead atoms. The van der Waals surface area contributed by atoms with Crippen molar-refractivity contribution in [2.45, 2.75) is 6.92 Å². The molecule has 3 N–H and O–H groups in total. The van der Waals surface area contributed by atoms with Crippen LogP contribution in [0.5, 0.6) is 0 Å². The molecule has 2 aromatic heterocycles. The van der Waals surface area contributed by atoms with E-state index in [0.29, 0.717) is 5.56 Å². The standard InChI is InChI=1S/C10H10N4O3/c1-6-4-8(12-11-6)10(16)14-13-9(15)7-2-3-17-5-7/h2-5H,1H3,(H,11,12)(H,13,15)(H,14,16). The number of aromatic nitrogens is 2. The molecule has 0 radical (unpaired) electrons. The van der Waals surface area contributed by atoms with Crippen LogP contribution in [0.2, 0.25) is 0 Å². The molecular weight excluding hydrogens is 224 g/mol. The molecule has 2 rings (SSSR count). The Balaban J connectivity index is 1.91. The highest BCUT2D eigenvalue weighted by Crippen LogP contribution is 1.99. The molecule has 7 nitrogen and oxygen atoms in total. The summed E-state index contributed by atoms with van der Waals surface area (Å²) in [6.07, 6.45) is 2.65. The molecule has 0 aliphatic heterocycles. The third kappa shape index (κ3) is 2.51. The highest BCUT2D eigenvalue weighted by Gasteiger charge is 2.11. The van der Waals surface area contributed by atoms with E-state index in [-0.39, 0.29) is 5.69 Å². The van der Waals surface area contributed by atoms with Gasteiger partial charge >= 0.3 is 0 Å². The number of nitrogens with zero attached hydrogens (tertiary/aromatic N) is 1. The van der Waals surface area contributed by atoms with Gasteiger partial charge in [0.2, 0.25) is 0 Å². The number of carbonyl (C=O) groups is 2. The smallest absolute Gasteiger partial charge is 0.290 e. The SMILES string of the molecule is Cc1cc(C(=O)NNC(=O)c2ccoc2)n[nH]1. The van der Waals surface area contributed by atoms with Gasteiger partial charge in [-0.2, -0.15) is 5.10 Å². The Hall–Kier alpha value is -2.57. The molecule has 17 heavy (non-hydrogen) atoms. The molecule has 2 amide bonds. The number of amides is 2. The van der Waals surface area contributed by atoms with Crippen molar-refractivity contribution in [1.29, 1.82) is 0 Å². The van der Waals surface area contributed by atoms with Crippen molar-refractivity contribution in [3.05, 3.63) is 41.6 Å². The fraction of sp³-hybridized carbons (Fsp3) is 0.100. The number of furan rings is 1. The Kier molecular flexibility index (Phi) is 2.91. The van der Waals surface area contributed by atoms with Crippen LogP contribution in [0.4, 0.5) is 0 Å². The van der Waals surface area contributed by atoms with Gasteiger partial charge in [0.1, 0.15) is 6.26 Å². The van der Waals surface area contributed by atoms with Crippen molar-refractivity contribution in [1.82, 2.24) is 21.0 Å². The molecule has 88 valence electrons. The van der Waals surface area contributed by atoms with Crippen molar-refractivity contribution in [2.24, 2.45) is 0 Å². The predicted octanol–water partition coefficient (Wildman–Crippen LogP) is 0.386. The average molecular weight is 234 g/mol. The van der Waals surface area contributed by atoms with Crippen LogP contribution in [0.15, 0.2) is 29.1 Å². The van der Waals surface area contributed by atoms with E-state index in [9.17, 15) is 9.59 Å². The number of hydrazine groups is 1. The van der Waals surface area contributed by atoms with Gasteiger partial charge in [-0.25, -0.2) is 0 Å². The first-order valence-corrected chi connectivity index (χ1v) is 4.81. The number of rotatable bonds is 2. The molecule has 0 atom stereocenters. The van der Waals surface area contributed by atoms with Crippen LogP contribution in [0.3, 0.4) is 0 Å². The molecule has 0 aliphatic carbocycles. The summed E-state index contributed by atoms with van der Waals surface area (Å²) >= 11 is 0. The van der Waals surface area contributed by atoms with E-state index < -0.39 is 11.8 Å². The second-order valence-corrected chi connectivity index (χ2v) is 3.36. The van der Waals surface area contributed by atoms with Crippen LogP contribution in [0.25, 0.3) is 0 Å². The highest BCUT2D eigenvalue weighted by molar-refractivity contribution is 5.98. The molecule has 2 heterocycles. The summed E-state index contributed by atoms with van der Waals surface area (Å²) in [4.78, 5) is 22.9. The first-order chi connectivity index (χ1) is 8.16. The lowest BCUT2D eigenvalue weighted by atomic mass is 10.3. The van der Waals surface area contributed by atoms with E-state index >= 15 is 0 Å². The van der Waals surface area contributed by atoms with Gasteiger partial charge in [-0.1, -0.05) is 0 Å². The highest BCUT2D eigenvalue weighted by atomic mass is 16.3.